The number of carbonyl (C=O) groups excluding carboxylic acids is 3. The molecule has 2 N–H and O–H groups in total. The highest BCUT2D eigenvalue weighted by Crippen LogP contribution is 2.32. The molecule has 1 aliphatic rings. The maximum atomic E-state index is 12.1. The number of benzene rings is 2. The SMILES string of the molecule is CCNC(=O)c1cccc(NC(=O)COC(=O)c2ccc3c(c2)OCO3)c1. The molecule has 0 bridgehead atoms. The van der Waals surface area contributed by atoms with Crippen molar-refractivity contribution < 1.29 is 28.6 Å². The predicted molar refractivity (Wildman–Crippen MR) is 95.9 cm³/mol. The van der Waals surface area contributed by atoms with E-state index in [4.69, 9.17) is 14.2 Å². The molecule has 2 aromatic rings. The summed E-state index contributed by atoms with van der Waals surface area (Å²) in [6.07, 6.45) is 0. The van der Waals surface area contributed by atoms with Crippen LogP contribution in [0.3, 0.4) is 0 Å². The Morgan fingerprint density at radius 2 is 1.85 bits per heavy atom. The topological polar surface area (TPSA) is 103 Å². The lowest BCUT2D eigenvalue weighted by atomic mass is 10.2. The number of hydrogen-bond donors (Lipinski definition) is 2. The molecule has 2 amide bonds. The molecular weight excluding hydrogens is 352 g/mol. The average molecular weight is 370 g/mol. The Morgan fingerprint density at radius 1 is 1.04 bits per heavy atom. The Kier molecular flexibility index (Phi) is 5.55. The number of anilines is 1. The molecule has 0 unspecified atom stereocenters. The van der Waals surface area contributed by atoms with E-state index >= 15 is 0 Å². The summed E-state index contributed by atoms with van der Waals surface area (Å²) < 4.78 is 15.4. The minimum absolute atomic E-state index is 0.103. The van der Waals surface area contributed by atoms with Gasteiger partial charge in [-0.2, -0.15) is 0 Å². The molecule has 0 aromatic heterocycles. The van der Waals surface area contributed by atoms with E-state index in [0.717, 1.165) is 0 Å². The first-order valence-electron chi connectivity index (χ1n) is 8.31. The zero-order valence-corrected chi connectivity index (χ0v) is 14.6. The fourth-order valence-corrected chi connectivity index (χ4v) is 2.44. The van der Waals surface area contributed by atoms with Gasteiger partial charge in [-0.1, -0.05) is 6.07 Å². The highest BCUT2D eigenvalue weighted by molar-refractivity contribution is 5.98. The third-order valence-electron chi connectivity index (χ3n) is 3.69. The molecule has 0 spiro atoms. The highest BCUT2D eigenvalue weighted by Gasteiger charge is 2.17. The van der Waals surface area contributed by atoms with E-state index in [9.17, 15) is 14.4 Å². The Hall–Kier alpha value is -3.55. The maximum Gasteiger partial charge on any atom is 0.338 e. The van der Waals surface area contributed by atoms with E-state index in [1.165, 1.54) is 12.1 Å². The standard InChI is InChI=1S/C19H18N2O6/c1-2-20-18(23)12-4-3-5-14(8-12)21-17(22)10-25-19(24)13-6-7-15-16(9-13)27-11-26-15/h3-9H,2,10-11H2,1H3,(H,20,23)(H,21,22). The van der Waals surface area contributed by atoms with Crippen LogP contribution in [0.25, 0.3) is 0 Å². The van der Waals surface area contributed by atoms with Crippen LogP contribution in [0, 0.1) is 0 Å². The van der Waals surface area contributed by atoms with E-state index < -0.39 is 18.5 Å². The molecule has 27 heavy (non-hydrogen) atoms. The zero-order chi connectivity index (χ0) is 19.2. The fourth-order valence-electron chi connectivity index (χ4n) is 2.44. The van der Waals surface area contributed by atoms with Gasteiger partial charge >= 0.3 is 5.97 Å². The number of hydrogen-bond acceptors (Lipinski definition) is 6. The molecular formula is C19H18N2O6. The van der Waals surface area contributed by atoms with Crippen LogP contribution < -0.4 is 20.1 Å². The summed E-state index contributed by atoms with van der Waals surface area (Å²) in [6.45, 7) is 1.97. The van der Waals surface area contributed by atoms with Crippen molar-refractivity contribution in [3.8, 4) is 11.5 Å². The van der Waals surface area contributed by atoms with E-state index in [2.05, 4.69) is 10.6 Å². The molecule has 0 fully saturated rings. The zero-order valence-electron chi connectivity index (χ0n) is 14.6. The smallest absolute Gasteiger partial charge is 0.338 e. The van der Waals surface area contributed by atoms with Gasteiger partial charge in [0.15, 0.2) is 18.1 Å². The molecule has 8 heteroatoms. The lowest BCUT2D eigenvalue weighted by molar-refractivity contribution is -0.119. The number of rotatable bonds is 6. The molecule has 3 rings (SSSR count). The first-order valence-corrected chi connectivity index (χ1v) is 8.31. The number of nitrogens with one attached hydrogen (secondary N) is 2. The van der Waals surface area contributed by atoms with Crippen molar-refractivity contribution >= 4 is 23.5 Å². The van der Waals surface area contributed by atoms with Gasteiger partial charge in [0.05, 0.1) is 5.56 Å². The van der Waals surface area contributed by atoms with Crippen LogP contribution in [0.2, 0.25) is 0 Å². The van der Waals surface area contributed by atoms with Gasteiger partial charge in [-0.15, -0.1) is 0 Å². The van der Waals surface area contributed by atoms with E-state index in [1.807, 2.05) is 6.92 Å². The minimum Gasteiger partial charge on any atom is -0.454 e. The molecule has 1 heterocycles. The van der Waals surface area contributed by atoms with Crippen LogP contribution in [-0.2, 0) is 9.53 Å². The van der Waals surface area contributed by atoms with Gasteiger partial charge in [-0.05, 0) is 43.3 Å². The maximum absolute atomic E-state index is 12.1. The van der Waals surface area contributed by atoms with Gasteiger partial charge in [0.25, 0.3) is 11.8 Å². The third-order valence-corrected chi connectivity index (χ3v) is 3.69. The first-order chi connectivity index (χ1) is 13.1. The molecule has 0 aliphatic carbocycles. The van der Waals surface area contributed by atoms with Crippen molar-refractivity contribution in [2.45, 2.75) is 6.92 Å². The lowest BCUT2D eigenvalue weighted by Gasteiger charge is -2.08. The number of amides is 2. The number of esters is 1. The Bertz CT molecular complexity index is 880. The van der Waals surface area contributed by atoms with Crippen molar-refractivity contribution in [2.75, 3.05) is 25.3 Å². The van der Waals surface area contributed by atoms with Crippen LogP contribution in [0.1, 0.15) is 27.6 Å². The van der Waals surface area contributed by atoms with Crippen LogP contribution in [-0.4, -0.2) is 37.7 Å². The largest absolute Gasteiger partial charge is 0.454 e. The quantitative estimate of drug-likeness (QED) is 0.754. The van der Waals surface area contributed by atoms with Crippen LogP contribution in [0.4, 0.5) is 5.69 Å². The summed E-state index contributed by atoms with van der Waals surface area (Å²) in [5.74, 6) is -0.396. The Labute approximate surface area is 155 Å². The summed E-state index contributed by atoms with van der Waals surface area (Å²) in [7, 11) is 0. The molecule has 0 saturated heterocycles. The summed E-state index contributed by atoms with van der Waals surface area (Å²) in [5.41, 5.74) is 1.11. The molecule has 2 aromatic carbocycles. The third kappa shape index (κ3) is 4.55. The van der Waals surface area contributed by atoms with E-state index in [-0.39, 0.29) is 18.3 Å². The van der Waals surface area contributed by atoms with Gasteiger partial charge in [-0.25, -0.2) is 4.79 Å². The van der Waals surface area contributed by atoms with Gasteiger partial charge in [-0.3, -0.25) is 9.59 Å². The van der Waals surface area contributed by atoms with Crippen molar-refractivity contribution in [3.63, 3.8) is 0 Å². The molecule has 8 nitrogen and oxygen atoms in total. The summed E-state index contributed by atoms with van der Waals surface area (Å²) in [6, 6.07) is 11.1. The second-order valence-corrected chi connectivity index (χ2v) is 5.63. The number of ether oxygens (including phenoxy) is 3. The van der Waals surface area contributed by atoms with Gasteiger partial charge < -0.3 is 24.8 Å². The van der Waals surface area contributed by atoms with E-state index in [1.54, 1.807) is 30.3 Å². The van der Waals surface area contributed by atoms with Crippen molar-refractivity contribution in [2.24, 2.45) is 0 Å². The number of carbonyl (C=O) groups is 3. The molecule has 0 radical (unpaired) electrons. The second kappa shape index (κ2) is 8.22. The Morgan fingerprint density at radius 3 is 2.67 bits per heavy atom. The molecule has 140 valence electrons. The second-order valence-electron chi connectivity index (χ2n) is 5.63. The summed E-state index contributed by atoms with van der Waals surface area (Å²) in [5, 5.41) is 5.27. The van der Waals surface area contributed by atoms with Crippen LogP contribution in [0.15, 0.2) is 42.5 Å². The first kappa shape index (κ1) is 18.2. The van der Waals surface area contributed by atoms with Crippen molar-refractivity contribution in [3.05, 3.63) is 53.6 Å². The van der Waals surface area contributed by atoms with Crippen molar-refractivity contribution in [1.82, 2.24) is 5.32 Å². The monoisotopic (exact) mass is 370 g/mol. The van der Waals surface area contributed by atoms with Gasteiger partial charge in [0.2, 0.25) is 6.79 Å². The minimum atomic E-state index is -0.653. The molecule has 0 saturated carbocycles. The average Bonchev–Trinajstić information content (AvgIpc) is 3.14. The lowest BCUT2D eigenvalue weighted by Crippen LogP contribution is -2.23. The Balaban J connectivity index is 1.54. The van der Waals surface area contributed by atoms with Crippen LogP contribution >= 0.6 is 0 Å². The highest BCUT2D eigenvalue weighted by atomic mass is 16.7. The molecule has 0 atom stereocenters. The molecule has 1 aliphatic heterocycles. The van der Waals surface area contributed by atoms with E-state index in [0.29, 0.717) is 29.3 Å². The normalized spacial score (nSPS) is 11.6. The van der Waals surface area contributed by atoms with Gasteiger partial charge in [0.1, 0.15) is 0 Å². The van der Waals surface area contributed by atoms with Crippen molar-refractivity contribution in [1.29, 1.82) is 0 Å². The summed E-state index contributed by atoms with van der Waals surface area (Å²) in [4.78, 5) is 35.9. The summed E-state index contributed by atoms with van der Waals surface area (Å²) >= 11 is 0. The van der Waals surface area contributed by atoms with Gasteiger partial charge in [0, 0.05) is 17.8 Å². The predicted octanol–water partition coefficient (Wildman–Crippen LogP) is 1.96. The fraction of sp³-hybridized carbons (Fsp3) is 0.211. The number of fused-ring (bicyclic) bond motifs is 1. The van der Waals surface area contributed by atoms with Crippen LogP contribution in [0.5, 0.6) is 11.5 Å².